The normalized spacial score (nSPS) is 11.4. The zero-order chi connectivity index (χ0) is 26.2. The Morgan fingerprint density at radius 3 is 1.92 bits per heavy atom. The maximum atomic E-state index is 13.4. The van der Waals surface area contributed by atoms with Gasteiger partial charge >= 0.3 is 0 Å². The van der Waals surface area contributed by atoms with Gasteiger partial charge in [0.1, 0.15) is 16.7 Å². The van der Waals surface area contributed by atoms with Crippen LogP contribution in [0, 0.1) is 0 Å². The third-order valence-corrected chi connectivity index (χ3v) is 7.69. The van der Waals surface area contributed by atoms with Crippen LogP contribution in [0.3, 0.4) is 0 Å². The van der Waals surface area contributed by atoms with Gasteiger partial charge in [0.15, 0.2) is 0 Å². The van der Waals surface area contributed by atoms with Gasteiger partial charge in [0.05, 0.1) is 4.88 Å². The highest BCUT2D eigenvalue weighted by Gasteiger charge is 2.22. The summed E-state index contributed by atoms with van der Waals surface area (Å²) in [5.41, 5.74) is 2.28. The summed E-state index contributed by atoms with van der Waals surface area (Å²) in [4.78, 5) is 27.3. The van der Waals surface area contributed by atoms with Crippen LogP contribution in [-0.2, 0) is 4.79 Å². The molecule has 1 atom stereocenters. The molecule has 1 unspecified atom stereocenters. The van der Waals surface area contributed by atoms with Gasteiger partial charge in [-0.15, -0.1) is 23.1 Å². The number of thioether (sulfide) groups is 1. The van der Waals surface area contributed by atoms with Crippen molar-refractivity contribution in [1.29, 1.82) is 0 Å². The van der Waals surface area contributed by atoms with Crippen molar-refractivity contribution in [3.63, 3.8) is 0 Å². The fourth-order valence-electron chi connectivity index (χ4n) is 3.69. The number of hydrogen-bond acceptors (Lipinski definition) is 5. The number of rotatable bonds is 9. The van der Waals surface area contributed by atoms with Gasteiger partial charge in [-0.1, -0.05) is 54.6 Å². The number of benzene rings is 4. The summed E-state index contributed by atoms with van der Waals surface area (Å²) < 4.78 is 5.85. The summed E-state index contributed by atoms with van der Waals surface area (Å²) in [7, 11) is 0. The van der Waals surface area contributed by atoms with Gasteiger partial charge in [-0.05, 0) is 77.7 Å². The molecule has 0 fully saturated rings. The van der Waals surface area contributed by atoms with Crippen molar-refractivity contribution >= 4 is 46.3 Å². The van der Waals surface area contributed by atoms with Crippen molar-refractivity contribution in [2.45, 2.75) is 10.1 Å². The first-order valence-electron chi connectivity index (χ1n) is 11.9. The minimum Gasteiger partial charge on any atom is -0.457 e. The highest BCUT2D eigenvalue weighted by molar-refractivity contribution is 8.00. The molecule has 0 spiro atoms. The molecule has 0 saturated heterocycles. The molecule has 4 aromatic carbocycles. The average Bonchev–Trinajstić information content (AvgIpc) is 3.50. The Balaban J connectivity index is 1.26. The van der Waals surface area contributed by atoms with Crippen molar-refractivity contribution in [1.82, 2.24) is 0 Å². The number of anilines is 2. The third kappa shape index (κ3) is 6.70. The molecule has 5 aromatic rings. The second-order valence-electron chi connectivity index (χ2n) is 8.29. The lowest BCUT2D eigenvalue weighted by atomic mass is 10.1. The van der Waals surface area contributed by atoms with Crippen LogP contribution >= 0.6 is 23.1 Å². The summed E-state index contributed by atoms with van der Waals surface area (Å²) >= 11 is 2.85. The monoisotopic (exact) mass is 536 g/mol. The number of ether oxygens (including phenoxy) is 1. The lowest BCUT2D eigenvalue weighted by molar-refractivity contribution is -0.115. The van der Waals surface area contributed by atoms with Crippen LogP contribution in [0.4, 0.5) is 11.4 Å². The maximum absolute atomic E-state index is 13.4. The number of hydrogen-bond donors (Lipinski definition) is 2. The molecule has 38 heavy (non-hydrogen) atoms. The fraction of sp³-hybridized carbons (Fsp3) is 0.0323. The van der Waals surface area contributed by atoms with E-state index in [1.165, 1.54) is 23.1 Å². The van der Waals surface area contributed by atoms with Crippen molar-refractivity contribution in [3.05, 3.63) is 137 Å². The quantitative estimate of drug-likeness (QED) is 0.186. The maximum Gasteiger partial charge on any atom is 0.265 e. The molecule has 188 valence electrons. The van der Waals surface area contributed by atoms with E-state index < -0.39 is 5.25 Å². The molecule has 0 radical (unpaired) electrons. The van der Waals surface area contributed by atoms with Crippen LogP contribution in [-0.4, -0.2) is 11.8 Å². The van der Waals surface area contributed by atoms with Crippen molar-refractivity contribution in [3.8, 4) is 11.5 Å². The summed E-state index contributed by atoms with van der Waals surface area (Å²) in [5, 5.41) is 7.34. The zero-order valence-corrected chi connectivity index (χ0v) is 21.9. The Bertz CT molecular complexity index is 1470. The van der Waals surface area contributed by atoms with Crippen LogP contribution < -0.4 is 15.4 Å². The molecule has 0 saturated carbocycles. The first-order valence-corrected chi connectivity index (χ1v) is 13.7. The number of para-hydroxylation sites is 1. The van der Waals surface area contributed by atoms with Gasteiger partial charge < -0.3 is 15.4 Å². The molecule has 5 nitrogen and oxygen atoms in total. The van der Waals surface area contributed by atoms with E-state index in [1.54, 1.807) is 6.07 Å². The highest BCUT2D eigenvalue weighted by atomic mass is 32.2. The third-order valence-electron chi connectivity index (χ3n) is 5.55. The van der Waals surface area contributed by atoms with Gasteiger partial charge in [-0.2, -0.15) is 0 Å². The molecule has 5 rings (SSSR count). The summed E-state index contributed by atoms with van der Waals surface area (Å²) in [6.45, 7) is 0. The Morgan fingerprint density at radius 1 is 0.658 bits per heavy atom. The molecule has 0 aliphatic heterocycles. The summed E-state index contributed by atoms with van der Waals surface area (Å²) in [6, 6.07) is 37.7. The summed E-state index contributed by atoms with van der Waals surface area (Å²) in [5.74, 6) is 1.17. The molecule has 1 aromatic heterocycles. The van der Waals surface area contributed by atoms with E-state index in [1.807, 2.05) is 121 Å². The smallest absolute Gasteiger partial charge is 0.265 e. The van der Waals surface area contributed by atoms with E-state index in [9.17, 15) is 9.59 Å². The molecule has 0 aliphatic rings. The fourth-order valence-corrected chi connectivity index (χ4v) is 5.34. The lowest BCUT2D eigenvalue weighted by Gasteiger charge is -2.17. The molecule has 2 N–H and O–H groups in total. The van der Waals surface area contributed by atoms with E-state index >= 15 is 0 Å². The van der Waals surface area contributed by atoms with E-state index in [0.717, 1.165) is 16.2 Å². The Morgan fingerprint density at radius 2 is 1.26 bits per heavy atom. The Hall–Kier alpha value is -4.33. The number of nitrogens with one attached hydrogen (secondary N) is 2. The average molecular weight is 537 g/mol. The minimum absolute atomic E-state index is 0.131. The van der Waals surface area contributed by atoms with E-state index in [-0.39, 0.29) is 11.8 Å². The number of amides is 2. The van der Waals surface area contributed by atoms with Crippen LogP contribution in [0.15, 0.2) is 132 Å². The molecular weight excluding hydrogens is 512 g/mol. The molecular formula is C31H24N2O3S2. The van der Waals surface area contributed by atoms with Crippen molar-refractivity contribution < 1.29 is 14.3 Å². The first kappa shape index (κ1) is 25.3. The number of carbonyl (C=O) groups excluding carboxylic acids is 2. The molecule has 1 heterocycles. The predicted molar refractivity (Wildman–Crippen MR) is 155 cm³/mol. The van der Waals surface area contributed by atoms with Gasteiger partial charge in [-0.3, -0.25) is 9.59 Å². The Kier molecular flexibility index (Phi) is 8.18. The topological polar surface area (TPSA) is 67.4 Å². The Labute approximate surface area is 229 Å². The van der Waals surface area contributed by atoms with Gasteiger partial charge in [0, 0.05) is 16.3 Å². The lowest BCUT2D eigenvalue weighted by Crippen LogP contribution is -2.19. The van der Waals surface area contributed by atoms with Crippen LogP contribution in [0.5, 0.6) is 11.5 Å². The minimum atomic E-state index is -0.469. The van der Waals surface area contributed by atoms with Crippen molar-refractivity contribution in [2.75, 3.05) is 10.6 Å². The van der Waals surface area contributed by atoms with Gasteiger partial charge in [0.25, 0.3) is 5.91 Å². The summed E-state index contributed by atoms with van der Waals surface area (Å²) in [6.07, 6.45) is 0. The van der Waals surface area contributed by atoms with Gasteiger partial charge in [-0.25, -0.2) is 0 Å². The van der Waals surface area contributed by atoms with E-state index in [4.69, 9.17) is 4.74 Å². The number of thiophene rings is 1. The van der Waals surface area contributed by atoms with Gasteiger partial charge in [0.2, 0.25) is 5.91 Å². The molecule has 7 heteroatoms. The van der Waals surface area contributed by atoms with Crippen LogP contribution in [0.25, 0.3) is 0 Å². The largest absolute Gasteiger partial charge is 0.457 e. The first-order chi connectivity index (χ1) is 18.6. The van der Waals surface area contributed by atoms with E-state index in [2.05, 4.69) is 10.6 Å². The second-order valence-corrected chi connectivity index (χ2v) is 10.4. The molecule has 0 bridgehead atoms. The second kappa shape index (κ2) is 12.3. The zero-order valence-electron chi connectivity index (χ0n) is 20.2. The molecule has 0 aliphatic carbocycles. The predicted octanol–water partition coefficient (Wildman–Crippen LogP) is 8.26. The SMILES string of the molecule is O=C(Nc1ccc(SC(C(=O)Nc2ccc(Oc3ccccc3)cc2)c2ccccc2)cc1)c1cccs1. The molecule has 2 amide bonds. The standard InChI is InChI=1S/C31H24N2O3S2/c34-30(28-12-7-21-37-28)32-24-15-19-27(20-16-24)38-29(22-8-3-1-4-9-22)31(35)33-23-13-17-26(18-14-23)36-25-10-5-2-6-11-25/h1-21,29H,(H,32,34)(H,33,35). The van der Waals surface area contributed by atoms with Crippen LogP contribution in [0.2, 0.25) is 0 Å². The van der Waals surface area contributed by atoms with Crippen LogP contribution in [0.1, 0.15) is 20.5 Å². The highest BCUT2D eigenvalue weighted by Crippen LogP contribution is 2.37. The van der Waals surface area contributed by atoms with Crippen molar-refractivity contribution in [2.24, 2.45) is 0 Å². The van der Waals surface area contributed by atoms with E-state index in [0.29, 0.717) is 22.0 Å². The number of carbonyl (C=O) groups is 2.